The average molecular weight is 398 g/mol. The van der Waals surface area contributed by atoms with E-state index < -0.39 is 0 Å². The second-order valence-corrected chi connectivity index (χ2v) is 8.01. The predicted molar refractivity (Wildman–Crippen MR) is 122 cm³/mol. The highest BCUT2D eigenvalue weighted by atomic mass is 16.3. The van der Waals surface area contributed by atoms with Gasteiger partial charge in [0, 0.05) is 26.2 Å². The normalized spacial score (nSPS) is 17.1. The molecule has 1 N–H and O–H groups in total. The lowest BCUT2D eigenvalue weighted by atomic mass is 10.0. The molecule has 3 aromatic carbocycles. The summed E-state index contributed by atoms with van der Waals surface area (Å²) in [5, 5.41) is 16.7. The number of rotatable bonds is 4. The lowest BCUT2D eigenvalue weighted by Crippen LogP contribution is -2.45. The van der Waals surface area contributed by atoms with Crippen molar-refractivity contribution in [3.63, 3.8) is 0 Å². The van der Waals surface area contributed by atoms with Gasteiger partial charge >= 0.3 is 0 Å². The number of fused-ring (bicyclic) bond motifs is 3. The molecule has 152 valence electrons. The molecule has 0 amide bonds. The van der Waals surface area contributed by atoms with Gasteiger partial charge in [0.1, 0.15) is 5.75 Å². The van der Waals surface area contributed by atoms with E-state index in [9.17, 15) is 5.11 Å². The highest BCUT2D eigenvalue weighted by Crippen LogP contribution is 2.46. The fourth-order valence-corrected chi connectivity index (χ4v) is 4.75. The first kappa shape index (κ1) is 18.9. The smallest absolute Gasteiger partial charge is 0.115 e. The molecule has 5 rings (SSSR count). The number of nitrogens with zero attached hydrogens (tertiary/aromatic N) is 3. The summed E-state index contributed by atoms with van der Waals surface area (Å²) in [4.78, 5) is 2.60. The largest absolute Gasteiger partial charge is 0.508 e. The Kier molecular flexibility index (Phi) is 5.01. The highest BCUT2D eigenvalue weighted by Gasteiger charge is 2.34. The summed E-state index contributed by atoms with van der Waals surface area (Å²) >= 11 is 0. The minimum absolute atomic E-state index is 0.292. The molecule has 1 saturated heterocycles. The Morgan fingerprint density at radius 1 is 0.833 bits per heavy atom. The van der Waals surface area contributed by atoms with Crippen molar-refractivity contribution < 1.29 is 5.11 Å². The maximum Gasteiger partial charge on any atom is 0.115 e. The first-order valence-electron chi connectivity index (χ1n) is 10.8. The second-order valence-electron chi connectivity index (χ2n) is 8.01. The number of hydrazone groups is 1. The third-order valence-corrected chi connectivity index (χ3v) is 6.25. The summed E-state index contributed by atoms with van der Waals surface area (Å²) in [7, 11) is 0. The SMILES string of the molecule is CC/C(=N\N1CCN(C2c3ccccc3-c3ccccc32)CC1)c1ccc(O)cc1. The van der Waals surface area contributed by atoms with Gasteiger partial charge in [0.2, 0.25) is 0 Å². The molecule has 1 fully saturated rings. The van der Waals surface area contributed by atoms with Crippen molar-refractivity contribution in [2.75, 3.05) is 26.2 Å². The van der Waals surface area contributed by atoms with Gasteiger partial charge in [-0.05, 0) is 58.5 Å². The molecule has 0 aromatic heterocycles. The summed E-state index contributed by atoms with van der Waals surface area (Å²) in [6, 6.07) is 25.3. The first-order valence-corrected chi connectivity index (χ1v) is 10.8. The third-order valence-electron chi connectivity index (χ3n) is 6.25. The van der Waals surface area contributed by atoms with E-state index in [-0.39, 0.29) is 0 Å². The van der Waals surface area contributed by atoms with Crippen LogP contribution in [0.1, 0.15) is 36.1 Å². The fraction of sp³-hybridized carbons (Fsp3) is 0.269. The molecule has 3 aromatic rings. The number of phenols is 1. The molecule has 0 bridgehead atoms. The number of hydrogen-bond donors (Lipinski definition) is 1. The van der Waals surface area contributed by atoms with E-state index in [1.54, 1.807) is 12.1 Å². The Hall–Kier alpha value is -3.11. The Labute approximate surface area is 178 Å². The summed E-state index contributed by atoms with van der Waals surface area (Å²) in [5.74, 6) is 0.292. The van der Waals surface area contributed by atoms with Crippen LogP contribution in [0.5, 0.6) is 5.75 Å². The van der Waals surface area contributed by atoms with E-state index in [1.807, 2.05) is 12.1 Å². The Morgan fingerprint density at radius 2 is 1.40 bits per heavy atom. The van der Waals surface area contributed by atoms with Crippen molar-refractivity contribution in [1.82, 2.24) is 9.91 Å². The van der Waals surface area contributed by atoms with Crippen LogP contribution in [-0.2, 0) is 0 Å². The lowest BCUT2D eigenvalue weighted by Gasteiger charge is -2.38. The van der Waals surface area contributed by atoms with Crippen molar-refractivity contribution in [3.05, 3.63) is 89.5 Å². The summed E-state index contributed by atoms with van der Waals surface area (Å²) < 4.78 is 0. The molecule has 4 nitrogen and oxygen atoms in total. The van der Waals surface area contributed by atoms with Crippen LogP contribution in [-0.4, -0.2) is 46.9 Å². The quantitative estimate of drug-likeness (QED) is 0.637. The minimum Gasteiger partial charge on any atom is -0.508 e. The zero-order chi connectivity index (χ0) is 20.5. The maximum atomic E-state index is 9.55. The minimum atomic E-state index is 0.292. The third kappa shape index (κ3) is 3.37. The van der Waals surface area contributed by atoms with Crippen molar-refractivity contribution in [3.8, 4) is 16.9 Å². The van der Waals surface area contributed by atoms with Crippen molar-refractivity contribution >= 4 is 5.71 Å². The Bertz CT molecular complexity index is 1020. The van der Waals surface area contributed by atoms with Gasteiger partial charge in [-0.15, -0.1) is 0 Å². The zero-order valence-electron chi connectivity index (χ0n) is 17.3. The Balaban J connectivity index is 1.34. The number of aromatic hydroxyl groups is 1. The van der Waals surface area contributed by atoms with Crippen LogP contribution in [0.3, 0.4) is 0 Å². The zero-order valence-corrected chi connectivity index (χ0v) is 17.3. The van der Waals surface area contributed by atoms with E-state index in [2.05, 4.69) is 65.4 Å². The van der Waals surface area contributed by atoms with Gasteiger partial charge in [0.15, 0.2) is 0 Å². The van der Waals surface area contributed by atoms with Crippen LogP contribution in [0.2, 0.25) is 0 Å². The van der Waals surface area contributed by atoms with Crippen molar-refractivity contribution in [1.29, 1.82) is 0 Å². The summed E-state index contributed by atoms with van der Waals surface area (Å²) in [6.45, 7) is 5.95. The van der Waals surface area contributed by atoms with Crippen LogP contribution >= 0.6 is 0 Å². The van der Waals surface area contributed by atoms with Crippen LogP contribution in [0.4, 0.5) is 0 Å². The monoisotopic (exact) mass is 397 g/mol. The summed E-state index contributed by atoms with van der Waals surface area (Å²) in [5.41, 5.74) is 7.75. The van der Waals surface area contributed by atoms with E-state index in [1.165, 1.54) is 22.3 Å². The summed E-state index contributed by atoms with van der Waals surface area (Å²) in [6.07, 6.45) is 0.869. The molecular weight excluding hydrogens is 370 g/mol. The van der Waals surface area contributed by atoms with Crippen molar-refractivity contribution in [2.45, 2.75) is 19.4 Å². The molecule has 4 heteroatoms. The molecule has 2 aliphatic rings. The van der Waals surface area contributed by atoms with E-state index in [0.29, 0.717) is 11.8 Å². The number of hydrogen-bond acceptors (Lipinski definition) is 4. The molecule has 0 atom stereocenters. The molecule has 0 spiro atoms. The first-order chi connectivity index (χ1) is 14.7. The average Bonchev–Trinajstić information content (AvgIpc) is 3.13. The molecule has 1 aliphatic carbocycles. The van der Waals surface area contributed by atoms with Gasteiger partial charge in [0.25, 0.3) is 0 Å². The van der Waals surface area contributed by atoms with E-state index >= 15 is 0 Å². The Morgan fingerprint density at radius 3 is 1.97 bits per heavy atom. The lowest BCUT2D eigenvalue weighted by molar-refractivity contribution is 0.113. The standard InChI is InChI=1S/C26H27N3O/c1-2-25(19-11-13-20(30)14-12-19)27-29-17-15-28(16-18-29)26-23-9-5-3-7-21(23)22-8-4-6-10-24(22)26/h3-14,26,30H,2,15-18H2,1H3/b27-25+. The molecule has 1 heterocycles. The molecule has 30 heavy (non-hydrogen) atoms. The highest BCUT2D eigenvalue weighted by molar-refractivity contribution is 6.00. The predicted octanol–water partition coefficient (Wildman–Crippen LogP) is 4.89. The molecule has 0 unspecified atom stereocenters. The van der Waals surface area contributed by atoms with Crippen LogP contribution < -0.4 is 0 Å². The maximum absolute atomic E-state index is 9.55. The van der Waals surface area contributed by atoms with Crippen LogP contribution in [0.15, 0.2) is 77.9 Å². The number of piperazine rings is 1. The van der Waals surface area contributed by atoms with Crippen LogP contribution in [0.25, 0.3) is 11.1 Å². The number of phenolic OH excluding ortho intramolecular Hbond substituents is 1. The topological polar surface area (TPSA) is 39.1 Å². The molecule has 0 saturated carbocycles. The van der Waals surface area contributed by atoms with Gasteiger partial charge in [-0.25, -0.2) is 0 Å². The second kappa shape index (κ2) is 7.96. The fourth-order valence-electron chi connectivity index (χ4n) is 4.75. The van der Waals surface area contributed by atoms with Crippen LogP contribution in [0, 0.1) is 0 Å². The van der Waals surface area contributed by atoms with Gasteiger partial charge in [0.05, 0.1) is 11.8 Å². The van der Waals surface area contributed by atoms with Gasteiger partial charge in [-0.1, -0.05) is 55.5 Å². The number of benzene rings is 3. The van der Waals surface area contributed by atoms with Gasteiger partial charge in [-0.2, -0.15) is 5.10 Å². The van der Waals surface area contributed by atoms with Gasteiger partial charge in [-0.3, -0.25) is 9.91 Å². The molecule has 0 radical (unpaired) electrons. The molecule has 1 aliphatic heterocycles. The van der Waals surface area contributed by atoms with E-state index in [4.69, 9.17) is 5.10 Å². The van der Waals surface area contributed by atoms with E-state index in [0.717, 1.165) is 43.9 Å². The van der Waals surface area contributed by atoms with Gasteiger partial charge < -0.3 is 5.11 Å². The van der Waals surface area contributed by atoms with Crippen molar-refractivity contribution in [2.24, 2.45) is 5.10 Å². The molecular formula is C26H27N3O.